The van der Waals surface area contributed by atoms with Crippen LogP contribution in [0.1, 0.15) is 13.3 Å². The van der Waals surface area contributed by atoms with Crippen molar-refractivity contribution in [2.24, 2.45) is 0 Å². The van der Waals surface area contributed by atoms with Gasteiger partial charge in [0.05, 0.1) is 12.6 Å². The molecule has 0 spiro atoms. The molecular weight excluding hydrogens is 240 g/mol. The van der Waals surface area contributed by atoms with E-state index >= 15 is 0 Å². The predicted octanol–water partition coefficient (Wildman–Crippen LogP) is 2.73. The number of nitrogens with one attached hydrogen (secondary N) is 2. The van der Waals surface area contributed by atoms with Crippen molar-refractivity contribution in [3.05, 3.63) is 42.5 Å². The fourth-order valence-corrected chi connectivity index (χ4v) is 1.90. The Labute approximate surface area is 112 Å². The number of benzene rings is 2. The van der Waals surface area contributed by atoms with Crippen LogP contribution in [-0.2, 0) is 0 Å². The van der Waals surface area contributed by atoms with E-state index in [1.165, 1.54) is 0 Å². The number of aliphatic hydroxyl groups is 1. The van der Waals surface area contributed by atoms with Gasteiger partial charge in [-0.1, -0.05) is 37.3 Å². The summed E-state index contributed by atoms with van der Waals surface area (Å²) in [5.74, 6) is 0. The van der Waals surface area contributed by atoms with E-state index in [9.17, 15) is 4.79 Å². The van der Waals surface area contributed by atoms with Gasteiger partial charge >= 0.3 is 6.03 Å². The van der Waals surface area contributed by atoms with Gasteiger partial charge in [-0.15, -0.1) is 0 Å². The summed E-state index contributed by atoms with van der Waals surface area (Å²) in [7, 11) is 0. The van der Waals surface area contributed by atoms with Gasteiger partial charge < -0.3 is 15.7 Å². The van der Waals surface area contributed by atoms with E-state index in [0.29, 0.717) is 6.42 Å². The molecule has 100 valence electrons. The topological polar surface area (TPSA) is 61.4 Å². The highest BCUT2D eigenvalue weighted by atomic mass is 16.3. The minimum absolute atomic E-state index is 0.0539. The zero-order chi connectivity index (χ0) is 13.7. The van der Waals surface area contributed by atoms with Crippen LogP contribution in [0.15, 0.2) is 42.5 Å². The molecule has 0 aliphatic carbocycles. The van der Waals surface area contributed by atoms with Crippen LogP contribution < -0.4 is 10.6 Å². The molecule has 0 heterocycles. The Morgan fingerprint density at radius 1 is 1.21 bits per heavy atom. The van der Waals surface area contributed by atoms with Crippen molar-refractivity contribution in [2.75, 3.05) is 11.9 Å². The summed E-state index contributed by atoms with van der Waals surface area (Å²) < 4.78 is 0. The fraction of sp³-hybridized carbons (Fsp3) is 0.267. The van der Waals surface area contributed by atoms with Crippen LogP contribution in [0.2, 0.25) is 0 Å². The largest absolute Gasteiger partial charge is 0.394 e. The third-order valence-corrected chi connectivity index (χ3v) is 3.06. The first-order valence-corrected chi connectivity index (χ1v) is 6.40. The number of carbonyl (C=O) groups excluding carboxylic acids is 1. The number of aliphatic hydroxyl groups excluding tert-OH is 1. The lowest BCUT2D eigenvalue weighted by atomic mass is 10.1. The molecule has 3 N–H and O–H groups in total. The number of hydrogen-bond donors (Lipinski definition) is 3. The molecule has 2 aromatic carbocycles. The highest BCUT2D eigenvalue weighted by Crippen LogP contribution is 2.18. The highest BCUT2D eigenvalue weighted by Gasteiger charge is 2.08. The van der Waals surface area contributed by atoms with Crippen molar-refractivity contribution in [1.29, 1.82) is 0 Å². The number of rotatable bonds is 4. The van der Waals surface area contributed by atoms with E-state index in [-0.39, 0.29) is 18.7 Å². The Morgan fingerprint density at radius 3 is 2.63 bits per heavy atom. The standard InChI is InChI=1S/C15H18N2O2/c1-2-13(10-18)16-15(19)17-14-8-7-11-5-3-4-6-12(11)9-14/h3-9,13,18H,2,10H2,1H3,(H2,16,17,19). The zero-order valence-corrected chi connectivity index (χ0v) is 10.9. The summed E-state index contributed by atoms with van der Waals surface area (Å²) in [5, 5.41) is 16.7. The van der Waals surface area contributed by atoms with Gasteiger partial charge in [0.25, 0.3) is 0 Å². The first-order valence-electron chi connectivity index (χ1n) is 6.40. The number of urea groups is 1. The molecule has 0 radical (unpaired) electrons. The first-order chi connectivity index (χ1) is 9.22. The number of fused-ring (bicyclic) bond motifs is 1. The summed E-state index contributed by atoms with van der Waals surface area (Å²) in [5.41, 5.74) is 0.740. The Balaban J connectivity index is 2.06. The maximum absolute atomic E-state index is 11.7. The molecular formula is C15H18N2O2. The quantitative estimate of drug-likeness (QED) is 0.789. The highest BCUT2D eigenvalue weighted by molar-refractivity contribution is 5.93. The number of carbonyl (C=O) groups is 1. The molecule has 2 rings (SSSR count). The second kappa shape index (κ2) is 6.20. The average molecular weight is 258 g/mol. The lowest BCUT2D eigenvalue weighted by molar-refractivity contribution is 0.222. The Bertz CT molecular complexity index is 565. The fourth-order valence-electron chi connectivity index (χ4n) is 1.90. The van der Waals surface area contributed by atoms with Gasteiger partial charge in [0.2, 0.25) is 0 Å². The number of amides is 2. The van der Waals surface area contributed by atoms with Gasteiger partial charge in [0.15, 0.2) is 0 Å². The molecule has 0 aliphatic heterocycles. The molecule has 2 amide bonds. The zero-order valence-electron chi connectivity index (χ0n) is 10.9. The van der Waals surface area contributed by atoms with E-state index in [4.69, 9.17) is 5.11 Å². The molecule has 0 aromatic heterocycles. The molecule has 19 heavy (non-hydrogen) atoms. The molecule has 1 atom stereocenters. The van der Waals surface area contributed by atoms with E-state index in [2.05, 4.69) is 10.6 Å². The summed E-state index contributed by atoms with van der Waals surface area (Å²) in [6.07, 6.45) is 0.696. The van der Waals surface area contributed by atoms with Gasteiger partial charge in [-0.2, -0.15) is 0 Å². The van der Waals surface area contributed by atoms with Crippen LogP contribution in [0.3, 0.4) is 0 Å². The van der Waals surface area contributed by atoms with Crippen LogP contribution in [0.4, 0.5) is 10.5 Å². The molecule has 0 saturated heterocycles. The third-order valence-electron chi connectivity index (χ3n) is 3.06. The molecule has 4 heteroatoms. The first kappa shape index (κ1) is 13.4. The van der Waals surface area contributed by atoms with E-state index in [1.54, 1.807) is 0 Å². The van der Waals surface area contributed by atoms with E-state index in [1.807, 2.05) is 49.4 Å². The van der Waals surface area contributed by atoms with Gasteiger partial charge in [0.1, 0.15) is 0 Å². The van der Waals surface area contributed by atoms with Gasteiger partial charge in [-0.3, -0.25) is 0 Å². The molecule has 0 saturated carbocycles. The SMILES string of the molecule is CCC(CO)NC(=O)Nc1ccc2ccccc2c1. The molecule has 0 fully saturated rings. The van der Waals surface area contributed by atoms with Crippen LogP contribution >= 0.6 is 0 Å². The summed E-state index contributed by atoms with van der Waals surface area (Å²) in [6.45, 7) is 1.86. The van der Waals surface area contributed by atoms with Crippen molar-refractivity contribution >= 4 is 22.5 Å². The van der Waals surface area contributed by atoms with Crippen LogP contribution in [0.5, 0.6) is 0 Å². The molecule has 1 unspecified atom stereocenters. The third kappa shape index (κ3) is 3.45. The van der Waals surface area contributed by atoms with E-state index in [0.717, 1.165) is 16.5 Å². The molecule has 4 nitrogen and oxygen atoms in total. The summed E-state index contributed by atoms with van der Waals surface area (Å²) >= 11 is 0. The van der Waals surface area contributed by atoms with Crippen LogP contribution in [0, 0.1) is 0 Å². The van der Waals surface area contributed by atoms with Crippen molar-refractivity contribution < 1.29 is 9.90 Å². The normalized spacial score (nSPS) is 12.1. The predicted molar refractivity (Wildman–Crippen MR) is 77.3 cm³/mol. The minimum atomic E-state index is -0.295. The summed E-state index contributed by atoms with van der Waals surface area (Å²) in [4.78, 5) is 11.7. The van der Waals surface area contributed by atoms with Crippen molar-refractivity contribution in [2.45, 2.75) is 19.4 Å². The molecule has 0 bridgehead atoms. The summed E-state index contributed by atoms with van der Waals surface area (Å²) in [6, 6.07) is 13.2. The monoisotopic (exact) mass is 258 g/mol. The molecule has 0 aliphatic rings. The lowest BCUT2D eigenvalue weighted by Gasteiger charge is -2.14. The Morgan fingerprint density at radius 2 is 1.95 bits per heavy atom. The molecule has 2 aromatic rings. The maximum Gasteiger partial charge on any atom is 0.319 e. The second-order valence-corrected chi connectivity index (χ2v) is 4.45. The second-order valence-electron chi connectivity index (χ2n) is 4.45. The lowest BCUT2D eigenvalue weighted by Crippen LogP contribution is -2.39. The number of hydrogen-bond acceptors (Lipinski definition) is 2. The average Bonchev–Trinajstić information content (AvgIpc) is 2.44. The van der Waals surface area contributed by atoms with Crippen molar-refractivity contribution in [3.63, 3.8) is 0 Å². The van der Waals surface area contributed by atoms with Crippen LogP contribution in [0.25, 0.3) is 10.8 Å². The minimum Gasteiger partial charge on any atom is -0.394 e. The smallest absolute Gasteiger partial charge is 0.319 e. The number of anilines is 1. The van der Waals surface area contributed by atoms with Gasteiger partial charge in [-0.25, -0.2) is 4.79 Å². The van der Waals surface area contributed by atoms with Gasteiger partial charge in [-0.05, 0) is 29.3 Å². The van der Waals surface area contributed by atoms with Crippen molar-refractivity contribution in [1.82, 2.24) is 5.32 Å². The maximum atomic E-state index is 11.7. The van der Waals surface area contributed by atoms with Crippen LogP contribution in [-0.4, -0.2) is 23.8 Å². The van der Waals surface area contributed by atoms with Crippen molar-refractivity contribution in [3.8, 4) is 0 Å². The Kier molecular flexibility index (Phi) is 4.36. The van der Waals surface area contributed by atoms with E-state index < -0.39 is 0 Å². The van der Waals surface area contributed by atoms with Gasteiger partial charge in [0, 0.05) is 5.69 Å². The Hall–Kier alpha value is -2.07.